The monoisotopic (exact) mass is 722 g/mol. The average molecular weight is 723 g/mol. The van der Waals surface area contributed by atoms with E-state index in [0.717, 1.165) is 49.4 Å². The number of hydrogen-bond donors (Lipinski definition) is 0. The number of hydrogen-bond acceptors (Lipinski definition) is 2. The van der Waals surface area contributed by atoms with Crippen molar-refractivity contribution < 1.29 is 8.83 Å². The van der Waals surface area contributed by atoms with E-state index in [9.17, 15) is 0 Å². The maximum atomic E-state index is 6.38. The molecule has 0 bridgehead atoms. The third-order valence-electron chi connectivity index (χ3n) is 12.2. The highest BCUT2D eigenvalue weighted by Gasteiger charge is 2.39. The first-order valence-corrected chi connectivity index (χ1v) is 21.6. The quantitative estimate of drug-likeness (QED) is 0.0782. The minimum Gasteiger partial charge on any atom is -0.456 e. The lowest BCUT2D eigenvalue weighted by Crippen LogP contribution is -2.66. The van der Waals surface area contributed by atoms with Gasteiger partial charge in [-0.15, -0.1) is 5.54 Å². The summed E-state index contributed by atoms with van der Waals surface area (Å²) in [5, 5.41) is 13.4. The van der Waals surface area contributed by atoms with Gasteiger partial charge in [0.2, 0.25) is 8.07 Å². The Hall–Kier alpha value is -6.34. The Bertz CT molecular complexity index is 2980. The SMILES string of the molecule is C(#C[Si](c1ccccc1)(c1ccc2oc3ccccc3c2c1)c1ccc2oc3ccccc3c2c1)c1c2ccccc2c(C2CCCCC2)c2ccccc12. The lowest BCUT2D eigenvalue weighted by molar-refractivity contribution is 0.447. The first-order chi connectivity index (χ1) is 27.3. The van der Waals surface area contributed by atoms with E-state index in [4.69, 9.17) is 8.83 Å². The Kier molecular flexibility index (Phi) is 7.54. The van der Waals surface area contributed by atoms with Gasteiger partial charge in [-0.25, -0.2) is 0 Å². The molecule has 1 aliphatic rings. The first-order valence-electron chi connectivity index (χ1n) is 19.6. The van der Waals surface area contributed by atoms with E-state index < -0.39 is 8.07 Å². The predicted molar refractivity (Wildman–Crippen MR) is 233 cm³/mol. The molecule has 0 unspecified atom stereocenters. The van der Waals surface area contributed by atoms with Gasteiger partial charge in [-0.1, -0.05) is 153 Å². The molecule has 55 heavy (non-hydrogen) atoms. The zero-order valence-electron chi connectivity index (χ0n) is 30.5. The van der Waals surface area contributed by atoms with Crippen molar-refractivity contribution in [2.75, 3.05) is 0 Å². The molecule has 1 aliphatic carbocycles. The minimum atomic E-state index is -3.13. The molecule has 0 aliphatic heterocycles. The Morgan fingerprint density at radius 3 is 1.40 bits per heavy atom. The molecular formula is C52H38O2Si. The van der Waals surface area contributed by atoms with Gasteiger partial charge in [-0.05, 0) is 97.8 Å². The zero-order valence-corrected chi connectivity index (χ0v) is 31.5. The normalized spacial score (nSPS) is 14.0. The lowest BCUT2D eigenvalue weighted by Gasteiger charge is -2.29. The fourth-order valence-corrected chi connectivity index (χ4v) is 13.4. The van der Waals surface area contributed by atoms with Crippen molar-refractivity contribution in [1.29, 1.82) is 0 Å². The van der Waals surface area contributed by atoms with E-state index in [1.807, 2.05) is 12.1 Å². The van der Waals surface area contributed by atoms with Crippen LogP contribution in [0.15, 0.2) is 173 Å². The molecule has 8 aromatic carbocycles. The van der Waals surface area contributed by atoms with Crippen molar-refractivity contribution in [3.63, 3.8) is 0 Å². The molecule has 0 spiro atoms. The van der Waals surface area contributed by atoms with E-state index in [1.165, 1.54) is 74.8 Å². The summed E-state index contributed by atoms with van der Waals surface area (Å²) in [7, 11) is -3.13. The third kappa shape index (κ3) is 5.09. The number of benzene rings is 8. The summed E-state index contributed by atoms with van der Waals surface area (Å²) >= 11 is 0. The summed E-state index contributed by atoms with van der Waals surface area (Å²) in [4.78, 5) is 0. The fraction of sp³-hybridized carbons (Fsp3) is 0.115. The number of rotatable bonds is 4. The van der Waals surface area contributed by atoms with Crippen molar-refractivity contribution in [2.45, 2.75) is 38.0 Å². The minimum absolute atomic E-state index is 0.566. The molecule has 10 aromatic rings. The fourth-order valence-electron chi connectivity index (χ4n) is 9.61. The number of furan rings is 2. The van der Waals surface area contributed by atoms with E-state index >= 15 is 0 Å². The molecule has 2 heterocycles. The van der Waals surface area contributed by atoms with Gasteiger partial charge in [0, 0.05) is 27.1 Å². The summed E-state index contributed by atoms with van der Waals surface area (Å²) in [5.41, 5.74) is 10.4. The summed E-state index contributed by atoms with van der Waals surface area (Å²) in [6.07, 6.45) is 6.43. The standard InChI is InChI=1S/C52H38O2Si/c1-3-15-35(16-4-1)52-44-23-9-7-19-39(44)41(40-20-8-10-24-45(40)52)31-32-55(36-17-5-2-6-18-36,37-27-29-50-46(33-37)42-21-11-13-25-48(42)53-50)38-28-30-51-47(34-38)43-22-12-14-26-49(43)54-51/h2,5-14,17-30,33-35H,1,3-4,15-16H2. The van der Waals surface area contributed by atoms with Crippen molar-refractivity contribution in [2.24, 2.45) is 0 Å². The van der Waals surface area contributed by atoms with Crippen LogP contribution < -0.4 is 15.6 Å². The van der Waals surface area contributed by atoms with Crippen LogP contribution in [0.2, 0.25) is 0 Å². The Morgan fingerprint density at radius 2 is 0.855 bits per heavy atom. The van der Waals surface area contributed by atoms with Crippen LogP contribution in [0.4, 0.5) is 0 Å². The van der Waals surface area contributed by atoms with Gasteiger partial charge in [0.05, 0.1) is 0 Å². The smallest absolute Gasteiger partial charge is 0.230 e. The van der Waals surface area contributed by atoms with Gasteiger partial charge in [-0.3, -0.25) is 0 Å². The van der Waals surface area contributed by atoms with Gasteiger partial charge >= 0.3 is 0 Å². The van der Waals surface area contributed by atoms with Crippen molar-refractivity contribution in [3.8, 4) is 11.5 Å². The maximum absolute atomic E-state index is 6.38. The maximum Gasteiger partial charge on any atom is 0.230 e. The van der Waals surface area contributed by atoms with Crippen molar-refractivity contribution in [3.05, 3.63) is 175 Å². The van der Waals surface area contributed by atoms with Gasteiger partial charge in [0.25, 0.3) is 0 Å². The molecular weight excluding hydrogens is 685 g/mol. The molecule has 262 valence electrons. The molecule has 0 radical (unpaired) electrons. The summed E-state index contributed by atoms with van der Waals surface area (Å²) in [6, 6.07) is 59.4. The summed E-state index contributed by atoms with van der Waals surface area (Å²) in [6.45, 7) is 0. The molecule has 0 atom stereocenters. The highest BCUT2D eigenvalue weighted by molar-refractivity contribution is 7.17. The van der Waals surface area contributed by atoms with Crippen LogP contribution in [-0.4, -0.2) is 8.07 Å². The molecule has 1 fully saturated rings. The molecule has 3 heteroatoms. The zero-order chi connectivity index (χ0) is 36.3. The van der Waals surface area contributed by atoms with Crippen LogP contribution in [0.3, 0.4) is 0 Å². The molecule has 1 saturated carbocycles. The van der Waals surface area contributed by atoms with Crippen LogP contribution in [0.25, 0.3) is 65.4 Å². The third-order valence-corrected chi connectivity index (χ3v) is 16.2. The van der Waals surface area contributed by atoms with Crippen LogP contribution >= 0.6 is 0 Å². The van der Waals surface area contributed by atoms with E-state index in [1.54, 1.807) is 0 Å². The van der Waals surface area contributed by atoms with Gasteiger partial charge in [0.15, 0.2) is 0 Å². The Balaban J connectivity index is 1.25. The van der Waals surface area contributed by atoms with E-state index in [2.05, 4.69) is 163 Å². The topological polar surface area (TPSA) is 26.3 Å². The predicted octanol–water partition coefficient (Wildman–Crippen LogP) is 11.9. The van der Waals surface area contributed by atoms with Crippen LogP contribution in [-0.2, 0) is 0 Å². The van der Waals surface area contributed by atoms with Gasteiger partial charge in [0.1, 0.15) is 22.3 Å². The Morgan fingerprint density at radius 1 is 0.400 bits per heavy atom. The molecule has 2 nitrogen and oxygen atoms in total. The lowest BCUT2D eigenvalue weighted by atomic mass is 9.78. The number of para-hydroxylation sites is 2. The van der Waals surface area contributed by atoms with Crippen LogP contribution in [0.5, 0.6) is 0 Å². The summed E-state index contributed by atoms with van der Waals surface area (Å²) < 4.78 is 12.8. The van der Waals surface area contributed by atoms with Crippen molar-refractivity contribution in [1.82, 2.24) is 0 Å². The van der Waals surface area contributed by atoms with Gasteiger partial charge < -0.3 is 8.83 Å². The molecule has 0 amide bonds. The van der Waals surface area contributed by atoms with E-state index in [0.29, 0.717) is 5.92 Å². The molecule has 2 aromatic heterocycles. The van der Waals surface area contributed by atoms with Crippen LogP contribution in [0, 0.1) is 11.5 Å². The number of fused-ring (bicyclic) bond motifs is 8. The molecule has 0 N–H and O–H groups in total. The highest BCUT2D eigenvalue weighted by Crippen LogP contribution is 2.42. The largest absolute Gasteiger partial charge is 0.456 e. The Labute approximate surface area is 321 Å². The van der Waals surface area contributed by atoms with Crippen molar-refractivity contribution >= 4 is 89.1 Å². The van der Waals surface area contributed by atoms with Gasteiger partial charge in [-0.2, -0.15) is 0 Å². The molecule has 11 rings (SSSR count). The van der Waals surface area contributed by atoms with Crippen LogP contribution in [0.1, 0.15) is 49.1 Å². The first kappa shape index (κ1) is 32.1. The second-order valence-corrected chi connectivity index (χ2v) is 18.7. The molecule has 0 saturated heterocycles. The average Bonchev–Trinajstić information content (AvgIpc) is 3.82. The second-order valence-electron chi connectivity index (χ2n) is 15.2. The highest BCUT2D eigenvalue weighted by atomic mass is 28.3. The van der Waals surface area contributed by atoms with E-state index in [-0.39, 0.29) is 0 Å². The summed E-state index contributed by atoms with van der Waals surface area (Å²) in [5.74, 6) is 4.59. The second kappa shape index (κ2) is 12.9.